The van der Waals surface area contributed by atoms with Crippen LogP contribution in [-0.4, -0.2) is 25.2 Å². The molecule has 1 amide bonds. The minimum absolute atomic E-state index is 0.141. The van der Waals surface area contributed by atoms with Crippen molar-refractivity contribution in [2.75, 3.05) is 18.5 Å². The van der Waals surface area contributed by atoms with E-state index in [1.165, 1.54) is 0 Å². The second kappa shape index (κ2) is 6.28. The van der Waals surface area contributed by atoms with Crippen LogP contribution in [0.15, 0.2) is 53.0 Å². The summed E-state index contributed by atoms with van der Waals surface area (Å²) in [6, 6.07) is 14.7. The van der Waals surface area contributed by atoms with Gasteiger partial charge in [0.05, 0.1) is 16.6 Å². The monoisotopic (exact) mass is 347 g/mol. The highest BCUT2D eigenvalue weighted by atomic mass is 79.9. The summed E-state index contributed by atoms with van der Waals surface area (Å²) in [5.41, 5.74) is 1.24. The average molecular weight is 348 g/mol. The maximum absolute atomic E-state index is 12.4. The molecule has 1 saturated heterocycles. The molecule has 1 heterocycles. The van der Waals surface area contributed by atoms with Gasteiger partial charge in [-0.3, -0.25) is 4.79 Å². The van der Waals surface area contributed by atoms with Crippen LogP contribution in [0.2, 0.25) is 0 Å². The highest BCUT2D eigenvalue weighted by molar-refractivity contribution is 9.10. The third-order valence-corrected chi connectivity index (χ3v) is 3.68. The Morgan fingerprint density at radius 3 is 2.71 bits per heavy atom. The molecule has 1 atom stereocenters. The van der Waals surface area contributed by atoms with Crippen molar-refractivity contribution in [3.8, 4) is 5.75 Å². The maximum atomic E-state index is 12.4. The van der Waals surface area contributed by atoms with Crippen LogP contribution in [0, 0.1) is 0 Å². The van der Waals surface area contributed by atoms with Gasteiger partial charge in [-0.05, 0) is 40.2 Å². The molecule has 3 rings (SSSR count). The Morgan fingerprint density at radius 1 is 1.24 bits per heavy atom. The highest BCUT2D eigenvalue weighted by Crippen LogP contribution is 2.30. The molecule has 0 aromatic heterocycles. The fourth-order valence-electron chi connectivity index (χ4n) is 1.89. The minimum atomic E-state index is -0.200. The zero-order valence-corrected chi connectivity index (χ0v) is 12.8. The lowest BCUT2D eigenvalue weighted by Gasteiger charge is -2.12. The second-order valence-electron chi connectivity index (χ2n) is 4.70. The first kappa shape index (κ1) is 14.1. The molecule has 1 N–H and O–H groups in total. The van der Waals surface area contributed by atoms with Gasteiger partial charge in [-0.2, -0.15) is 0 Å². The third kappa shape index (κ3) is 3.62. The van der Waals surface area contributed by atoms with Gasteiger partial charge in [-0.25, -0.2) is 0 Å². The van der Waals surface area contributed by atoms with Crippen LogP contribution >= 0.6 is 15.9 Å². The van der Waals surface area contributed by atoms with Crippen molar-refractivity contribution in [1.29, 1.82) is 0 Å². The number of nitrogens with one attached hydrogen (secondary N) is 1. The number of hydrogen-bond acceptors (Lipinski definition) is 3. The van der Waals surface area contributed by atoms with E-state index >= 15 is 0 Å². The number of para-hydroxylation sites is 2. The topological polar surface area (TPSA) is 50.9 Å². The molecule has 1 aliphatic rings. The van der Waals surface area contributed by atoms with Gasteiger partial charge in [0.2, 0.25) is 0 Å². The SMILES string of the molecule is O=C(Nc1ccccc1)c1cccc(Br)c1OCC1CO1. The van der Waals surface area contributed by atoms with Crippen molar-refractivity contribution in [1.82, 2.24) is 0 Å². The van der Waals surface area contributed by atoms with Crippen molar-refractivity contribution >= 4 is 27.5 Å². The first-order valence-electron chi connectivity index (χ1n) is 6.63. The molecular weight excluding hydrogens is 334 g/mol. The van der Waals surface area contributed by atoms with E-state index in [0.29, 0.717) is 17.9 Å². The molecule has 2 aromatic carbocycles. The number of anilines is 1. The maximum Gasteiger partial charge on any atom is 0.259 e. The molecule has 0 bridgehead atoms. The molecule has 0 radical (unpaired) electrons. The van der Waals surface area contributed by atoms with Gasteiger partial charge in [0, 0.05) is 5.69 Å². The normalized spacial score (nSPS) is 16.3. The van der Waals surface area contributed by atoms with E-state index in [1.54, 1.807) is 6.07 Å². The number of hydrogen-bond donors (Lipinski definition) is 1. The largest absolute Gasteiger partial charge is 0.489 e. The number of epoxide rings is 1. The third-order valence-electron chi connectivity index (χ3n) is 3.06. The molecular formula is C16H14BrNO3. The molecule has 0 aliphatic carbocycles. The molecule has 1 aliphatic heterocycles. The van der Waals surface area contributed by atoms with Crippen LogP contribution in [0.1, 0.15) is 10.4 Å². The van der Waals surface area contributed by atoms with Crippen molar-refractivity contribution in [2.45, 2.75) is 6.10 Å². The van der Waals surface area contributed by atoms with Crippen LogP contribution < -0.4 is 10.1 Å². The number of carbonyl (C=O) groups is 1. The predicted octanol–water partition coefficient (Wildman–Crippen LogP) is 3.48. The zero-order chi connectivity index (χ0) is 14.7. The van der Waals surface area contributed by atoms with Gasteiger partial charge in [-0.15, -0.1) is 0 Å². The molecule has 21 heavy (non-hydrogen) atoms. The van der Waals surface area contributed by atoms with Crippen LogP contribution in [0.4, 0.5) is 5.69 Å². The summed E-state index contributed by atoms with van der Waals surface area (Å²) in [4.78, 5) is 12.4. The van der Waals surface area contributed by atoms with Crippen LogP contribution in [0.3, 0.4) is 0 Å². The lowest BCUT2D eigenvalue weighted by Crippen LogP contribution is -2.15. The zero-order valence-electron chi connectivity index (χ0n) is 11.2. The number of rotatable bonds is 5. The quantitative estimate of drug-likeness (QED) is 0.842. The van der Waals surface area contributed by atoms with Crippen LogP contribution in [0.5, 0.6) is 5.75 Å². The van der Waals surface area contributed by atoms with Crippen LogP contribution in [-0.2, 0) is 4.74 Å². The smallest absolute Gasteiger partial charge is 0.259 e. The lowest BCUT2D eigenvalue weighted by atomic mass is 10.2. The Hall–Kier alpha value is -1.85. The number of ether oxygens (including phenoxy) is 2. The van der Waals surface area contributed by atoms with E-state index in [1.807, 2.05) is 42.5 Å². The summed E-state index contributed by atoms with van der Waals surface area (Å²) < 4.78 is 11.6. The van der Waals surface area contributed by atoms with Crippen molar-refractivity contribution < 1.29 is 14.3 Å². The van der Waals surface area contributed by atoms with Crippen molar-refractivity contribution in [2.24, 2.45) is 0 Å². The number of amides is 1. The van der Waals surface area contributed by atoms with Crippen molar-refractivity contribution in [3.63, 3.8) is 0 Å². The molecule has 4 nitrogen and oxygen atoms in total. The van der Waals surface area contributed by atoms with E-state index in [0.717, 1.165) is 16.8 Å². The molecule has 5 heteroatoms. The van der Waals surface area contributed by atoms with Gasteiger partial charge in [0.25, 0.3) is 5.91 Å². The number of carbonyl (C=O) groups excluding carboxylic acids is 1. The first-order valence-corrected chi connectivity index (χ1v) is 7.42. The Bertz CT molecular complexity index is 641. The fourth-order valence-corrected chi connectivity index (χ4v) is 2.38. The first-order chi connectivity index (χ1) is 10.2. The van der Waals surface area contributed by atoms with Gasteiger partial charge in [0.1, 0.15) is 18.5 Å². The summed E-state index contributed by atoms with van der Waals surface area (Å²) in [6.07, 6.45) is 0.141. The Balaban J connectivity index is 1.79. The van der Waals surface area contributed by atoms with Gasteiger partial charge < -0.3 is 14.8 Å². The Labute approximate surface area is 131 Å². The molecule has 0 spiro atoms. The predicted molar refractivity (Wildman–Crippen MR) is 83.8 cm³/mol. The summed E-state index contributed by atoms with van der Waals surface area (Å²) in [7, 11) is 0. The Morgan fingerprint density at radius 2 is 2.00 bits per heavy atom. The summed E-state index contributed by atoms with van der Waals surface area (Å²) in [5.74, 6) is 0.343. The molecule has 0 saturated carbocycles. The number of benzene rings is 2. The molecule has 1 unspecified atom stereocenters. The lowest BCUT2D eigenvalue weighted by molar-refractivity contribution is 0.102. The van der Waals surface area contributed by atoms with Gasteiger partial charge in [-0.1, -0.05) is 24.3 Å². The fraction of sp³-hybridized carbons (Fsp3) is 0.188. The number of halogens is 1. The van der Waals surface area contributed by atoms with E-state index in [4.69, 9.17) is 9.47 Å². The molecule has 1 fully saturated rings. The molecule has 2 aromatic rings. The van der Waals surface area contributed by atoms with Crippen LogP contribution in [0.25, 0.3) is 0 Å². The van der Waals surface area contributed by atoms with Gasteiger partial charge in [0.15, 0.2) is 0 Å². The standard InChI is InChI=1S/C16H14BrNO3/c17-14-8-4-7-13(15(14)21-10-12-9-20-12)16(19)18-11-5-2-1-3-6-11/h1-8,12H,9-10H2,(H,18,19). The average Bonchev–Trinajstić information content (AvgIpc) is 3.31. The van der Waals surface area contributed by atoms with E-state index in [-0.39, 0.29) is 12.0 Å². The van der Waals surface area contributed by atoms with Gasteiger partial charge >= 0.3 is 0 Å². The van der Waals surface area contributed by atoms with Crippen molar-refractivity contribution in [3.05, 3.63) is 58.6 Å². The Kier molecular flexibility index (Phi) is 4.22. The minimum Gasteiger partial charge on any atom is -0.489 e. The van der Waals surface area contributed by atoms with E-state index in [2.05, 4.69) is 21.2 Å². The summed E-state index contributed by atoms with van der Waals surface area (Å²) in [5, 5.41) is 2.86. The summed E-state index contributed by atoms with van der Waals surface area (Å²) in [6.45, 7) is 1.17. The summed E-state index contributed by atoms with van der Waals surface area (Å²) >= 11 is 3.43. The second-order valence-corrected chi connectivity index (χ2v) is 5.56. The molecule has 108 valence electrons. The van der Waals surface area contributed by atoms with E-state index in [9.17, 15) is 4.79 Å². The highest BCUT2D eigenvalue weighted by Gasteiger charge is 2.25. The van der Waals surface area contributed by atoms with E-state index < -0.39 is 0 Å².